The van der Waals surface area contributed by atoms with Crippen LogP contribution in [0.25, 0.3) is 0 Å². The van der Waals surface area contributed by atoms with Gasteiger partial charge in [0.15, 0.2) is 0 Å². The van der Waals surface area contributed by atoms with Gasteiger partial charge in [0.25, 0.3) is 0 Å². The number of nitrogens with two attached hydrogens (primary N) is 1. The van der Waals surface area contributed by atoms with E-state index in [4.69, 9.17) is 10.6 Å². The monoisotopic (exact) mass is 246 g/mol. The maximum absolute atomic E-state index is 5.89. The molecule has 3 rings (SSSR count). The van der Waals surface area contributed by atoms with Gasteiger partial charge in [-0.3, -0.25) is 11.3 Å². The Labute approximate surface area is 109 Å². The molecule has 1 fully saturated rings. The van der Waals surface area contributed by atoms with Crippen molar-refractivity contribution in [3.8, 4) is 5.75 Å². The molecule has 0 radical (unpaired) electrons. The molecule has 3 N–H and O–H groups in total. The quantitative estimate of drug-likeness (QED) is 0.636. The lowest BCUT2D eigenvalue weighted by Crippen LogP contribution is -2.31. The number of hydrogen-bond donors (Lipinski definition) is 2. The molecule has 98 valence electrons. The van der Waals surface area contributed by atoms with Crippen molar-refractivity contribution in [2.24, 2.45) is 17.2 Å². The predicted octanol–water partition coefficient (Wildman–Crippen LogP) is 2.56. The molecule has 3 nitrogen and oxygen atoms in total. The summed E-state index contributed by atoms with van der Waals surface area (Å²) in [5, 5.41) is 0. The van der Waals surface area contributed by atoms with Gasteiger partial charge in [-0.1, -0.05) is 32.0 Å². The van der Waals surface area contributed by atoms with E-state index in [1.807, 2.05) is 0 Å². The highest BCUT2D eigenvalue weighted by Gasteiger charge is 2.51. The van der Waals surface area contributed by atoms with Gasteiger partial charge in [-0.15, -0.1) is 0 Å². The van der Waals surface area contributed by atoms with Gasteiger partial charge >= 0.3 is 0 Å². The molecule has 2 unspecified atom stereocenters. The van der Waals surface area contributed by atoms with Crippen molar-refractivity contribution in [1.82, 2.24) is 5.43 Å². The van der Waals surface area contributed by atoms with E-state index in [0.717, 1.165) is 25.2 Å². The third kappa shape index (κ3) is 1.91. The van der Waals surface area contributed by atoms with E-state index < -0.39 is 0 Å². The van der Waals surface area contributed by atoms with Crippen LogP contribution in [0.2, 0.25) is 0 Å². The molecule has 0 aromatic heterocycles. The van der Waals surface area contributed by atoms with Crippen LogP contribution in [-0.4, -0.2) is 6.61 Å². The molecule has 3 heteroatoms. The van der Waals surface area contributed by atoms with Crippen molar-refractivity contribution in [3.05, 3.63) is 29.3 Å². The Morgan fingerprint density at radius 1 is 1.44 bits per heavy atom. The van der Waals surface area contributed by atoms with E-state index >= 15 is 0 Å². The largest absolute Gasteiger partial charge is 0.493 e. The van der Waals surface area contributed by atoms with Gasteiger partial charge in [0.2, 0.25) is 0 Å². The number of rotatable bonds is 3. The Bertz CT molecular complexity index is 456. The molecular formula is C15H22N2O. The van der Waals surface area contributed by atoms with Crippen LogP contribution in [0.15, 0.2) is 18.2 Å². The molecule has 1 saturated carbocycles. The molecule has 2 aliphatic rings. The van der Waals surface area contributed by atoms with Crippen molar-refractivity contribution < 1.29 is 4.74 Å². The van der Waals surface area contributed by atoms with Crippen LogP contribution in [0.5, 0.6) is 5.75 Å². The first-order valence-electron chi connectivity index (χ1n) is 6.84. The van der Waals surface area contributed by atoms with Crippen LogP contribution in [0.4, 0.5) is 0 Å². The number of fused-ring (bicyclic) bond motifs is 1. The van der Waals surface area contributed by atoms with Crippen LogP contribution < -0.4 is 16.0 Å². The zero-order valence-electron chi connectivity index (χ0n) is 11.2. The standard InChI is InChI=1S/C15H22N2O/c1-15(2)9-12(15)13(17-16)11-7-3-5-10-6-4-8-18-14(10)11/h3,5,7,12-13,17H,4,6,8-9,16H2,1-2H3. The smallest absolute Gasteiger partial charge is 0.127 e. The molecule has 18 heavy (non-hydrogen) atoms. The summed E-state index contributed by atoms with van der Waals surface area (Å²) in [6, 6.07) is 6.67. The number of nitrogens with one attached hydrogen (secondary N) is 1. The summed E-state index contributed by atoms with van der Waals surface area (Å²) in [5.41, 5.74) is 5.98. The van der Waals surface area contributed by atoms with Crippen molar-refractivity contribution in [3.63, 3.8) is 0 Å². The predicted molar refractivity (Wildman–Crippen MR) is 72.2 cm³/mol. The lowest BCUT2D eigenvalue weighted by molar-refractivity contribution is 0.278. The van der Waals surface area contributed by atoms with E-state index in [0.29, 0.717) is 11.3 Å². The lowest BCUT2D eigenvalue weighted by atomic mass is 9.93. The molecule has 0 spiro atoms. The average Bonchev–Trinajstić information content (AvgIpc) is 2.99. The summed E-state index contributed by atoms with van der Waals surface area (Å²) < 4.78 is 5.89. The highest BCUT2D eigenvalue weighted by molar-refractivity contribution is 5.45. The summed E-state index contributed by atoms with van der Waals surface area (Å²) in [5.74, 6) is 7.48. The van der Waals surface area contributed by atoms with Crippen LogP contribution in [-0.2, 0) is 6.42 Å². The second-order valence-corrected chi connectivity index (χ2v) is 6.23. The maximum Gasteiger partial charge on any atom is 0.127 e. The molecule has 2 atom stereocenters. The number of hydrazine groups is 1. The molecule has 1 aliphatic carbocycles. The highest BCUT2D eigenvalue weighted by Crippen LogP contribution is 2.58. The van der Waals surface area contributed by atoms with Crippen molar-refractivity contribution in [2.45, 2.75) is 39.2 Å². The molecule has 1 heterocycles. The summed E-state index contributed by atoms with van der Waals surface area (Å²) in [6.07, 6.45) is 3.46. The Balaban J connectivity index is 1.95. The zero-order valence-corrected chi connectivity index (χ0v) is 11.2. The summed E-state index contributed by atoms with van der Waals surface area (Å²) in [4.78, 5) is 0. The molecule has 1 aromatic carbocycles. The van der Waals surface area contributed by atoms with Crippen molar-refractivity contribution in [2.75, 3.05) is 6.61 Å². The number of para-hydroxylation sites is 1. The van der Waals surface area contributed by atoms with E-state index in [1.54, 1.807) is 0 Å². The number of ether oxygens (including phenoxy) is 1. The SMILES string of the molecule is CC1(C)CC1C(NN)c1cccc2c1OCCC2. The van der Waals surface area contributed by atoms with Crippen LogP contribution >= 0.6 is 0 Å². The topological polar surface area (TPSA) is 47.3 Å². The van der Waals surface area contributed by atoms with E-state index in [-0.39, 0.29) is 6.04 Å². The minimum atomic E-state index is 0.216. The zero-order chi connectivity index (χ0) is 12.8. The van der Waals surface area contributed by atoms with Crippen molar-refractivity contribution >= 4 is 0 Å². The van der Waals surface area contributed by atoms with Crippen LogP contribution in [0.1, 0.15) is 43.9 Å². The number of benzene rings is 1. The van der Waals surface area contributed by atoms with Gasteiger partial charge in [-0.25, -0.2) is 0 Å². The van der Waals surface area contributed by atoms with Crippen LogP contribution in [0, 0.1) is 11.3 Å². The Hall–Kier alpha value is -1.06. The van der Waals surface area contributed by atoms with E-state index in [2.05, 4.69) is 37.5 Å². The fraction of sp³-hybridized carbons (Fsp3) is 0.600. The first kappa shape index (κ1) is 12.0. The highest BCUT2D eigenvalue weighted by atomic mass is 16.5. The van der Waals surface area contributed by atoms with Gasteiger partial charge in [-0.05, 0) is 36.2 Å². The molecule has 0 saturated heterocycles. The minimum absolute atomic E-state index is 0.216. The van der Waals surface area contributed by atoms with Gasteiger partial charge in [0.1, 0.15) is 5.75 Å². The first-order valence-corrected chi connectivity index (χ1v) is 6.84. The molecule has 1 aliphatic heterocycles. The van der Waals surface area contributed by atoms with E-state index in [1.165, 1.54) is 17.5 Å². The summed E-state index contributed by atoms with van der Waals surface area (Å²) in [7, 11) is 0. The Morgan fingerprint density at radius 2 is 2.22 bits per heavy atom. The second kappa shape index (κ2) is 4.25. The third-order valence-corrected chi connectivity index (χ3v) is 4.47. The summed E-state index contributed by atoms with van der Waals surface area (Å²) >= 11 is 0. The average molecular weight is 246 g/mol. The fourth-order valence-electron chi connectivity index (χ4n) is 3.16. The number of hydrogen-bond acceptors (Lipinski definition) is 3. The lowest BCUT2D eigenvalue weighted by Gasteiger charge is -2.25. The molecule has 0 amide bonds. The molecule has 1 aromatic rings. The van der Waals surface area contributed by atoms with Gasteiger partial charge in [0.05, 0.1) is 12.6 Å². The molecular weight excluding hydrogens is 224 g/mol. The molecule has 0 bridgehead atoms. The van der Waals surface area contributed by atoms with Crippen LogP contribution in [0.3, 0.4) is 0 Å². The van der Waals surface area contributed by atoms with Crippen molar-refractivity contribution in [1.29, 1.82) is 0 Å². The van der Waals surface area contributed by atoms with Gasteiger partial charge < -0.3 is 4.74 Å². The van der Waals surface area contributed by atoms with E-state index in [9.17, 15) is 0 Å². The number of aryl methyl sites for hydroxylation is 1. The third-order valence-electron chi connectivity index (χ3n) is 4.47. The first-order chi connectivity index (χ1) is 8.63. The van der Waals surface area contributed by atoms with Gasteiger partial charge in [0, 0.05) is 5.56 Å². The normalized spacial score (nSPS) is 26.1. The maximum atomic E-state index is 5.89. The fourth-order valence-corrected chi connectivity index (χ4v) is 3.16. The van der Waals surface area contributed by atoms with Gasteiger partial charge in [-0.2, -0.15) is 0 Å². The second-order valence-electron chi connectivity index (χ2n) is 6.23. The minimum Gasteiger partial charge on any atom is -0.493 e. The Morgan fingerprint density at radius 3 is 2.89 bits per heavy atom. The summed E-state index contributed by atoms with van der Waals surface area (Å²) in [6.45, 7) is 5.44. The Kier molecular flexibility index (Phi) is 2.83.